The Labute approximate surface area is 127 Å². The molecular formula is C15H10F3N3O2. The van der Waals surface area contributed by atoms with E-state index < -0.39 is 29.1 Å². The fourth-order valence-corrected chi connectivity index (χ4v) is 2.33. The first kappa shape index (κ1) is 14.9. The Kier molecular flexibility index (Phi) is 3.44. The molecule has 0 unspecified atom stereocenters. The molecule has 0 aliphatic heterocycles. The number of carbonyl (C=O) groups is 1. The van der Waals surface area contributed by atoms with E-state index in [0.717, 1.165) is 6.07 Å². The molecule has 0 saturated carbocycles. The Morgan fingerprint density at radius 2 is 1.96 bits per heavy atom. The summed E-state index contributed by atoms with van der Waals surface area (Å²) in [5.74, 6) is -6.38. The predicted molar refractivity (Wildman–Crippen MR) is 75.4 cm³/mol. The number of rotatable bonds is 3. The van der Waals surface area contributed by atoms with Crippen LogP contribution in [0.1, 0.15) is 21.6 Å². The summed E-state index contributed by atoms with van der Waals surface area (Å²) >= 11 is 0. The van der Waals surface area contributed by atoms with Gasteiger partial charge in [0.15, 0.2) is 17.4 Å². The van der Waals surface area contributed by atoms with Crippen molar-refractivity contribution in [2.24, 2.45) is 5.73 Å². The van der Waals surface area contributed by atoms with Crippen molar-refractivity contribution >= 4 is 16.8 Å². The maximum atomic E-state index is 13.4. The third kappa shape index (κ3) is 2.48. The fraction of sp³-hybridized carbons (Fsp3) is 0.0667. The monoisotopic (exact) mass is 321 g/mol. The van der Waals surface area contributed by atoms with Crippen LogP contribution >= 0.6 is 0 Å². The van der Waals surface area contributed by atoms with Crippen LogP contribution in [0, 0.1) is 17.5 Å². The van der Waals surface area contributed by atoms with Crippen LogP contribution in [0.25, 0.3) is 10.9 Å². The number of nitrogens with two attached hydrogens (primary N) is 1. The van der Waals surface area contributed by atoms with E-state index in [2.05, 4.69) is 9.97 Å². The molecule has 0 radical (unpaired) electrons. The van der Waals surface area contributed by atoms with Crippen molar-refractivity contribution < 1.29 is 23.1 Å². The van der Waals surface area contributed by atoms with Gasteiger partial charge in [0.2, 0.25) is 5.82 Å². The summed E-state index contributed by atoms with van der Waals surface area (Å²) in [4.78, 5) is 17.8. The van der Waals surface area contributed by atoms with Crippen molar-refractivity contribution in [3.8, 4) is 5.75 Å². The fourth-order valence-electron chi connectivity index (χ4n) is 2.33. The number of carbonyl (C=O) groups excluding carboxylic acids is 1. The number of hydrogen-bond acceptors (Lipinski definition) is 3. The van der Waals surface area contributed by atoms with Gasteiger partial charge in [0.25, 0.3) is 5.91 Å². The molecule has 118 valence electrons. The van der Waals surface area contributed by atoms with Gasteiger partial charge in [-0.25, -0.2) is 8.78 Å². The van der Waals surface area contributed by atoms with E-state index in [4.69, 9.17) is 5.73 Å². The summed E-state index contributed by atoms with van der Waals surface area (Å²) in [6, 6.07) is 2.17. The van der Waals surface area contributed by atoms with Gasteiger partial charge < -0.3 is 15.8 Å². The summed E-state index contributed by atoms with van der Waals surface area (Å²) in [5.41, 5.74) is 6.19. The lowest BCUT2D eigenvalue weighted by Gasteiger charge is -2.06. The minimum Gasteiger partial charge on any atom is -0.505 e. The highest BCUT2D eigenvalue weighted by Gasteiger charge is 2.19. The van der Waals surface area contributed by atoms with E-state index in [9.17, 15) is 23.1 Å². The quantitative estimate of drug-likeness (QED) is 0.647. The van der Waals surface area contributed by atoms with Crippen LogP contribution in [-0.2, 0) is 6.42 Å². The Hall–Kier alpha value is -3.03. The summed E-state index contributed by atoms with van der Waals surface area (Å²) in [6.07, 6.45) is 2.86. The van der Waals surface area contributed by atoms with Gasteiger partial charge >= 0.3 is 0 Å². The van der Waals surface area contributed by atoms with Gasteiger partial charge in [-0.3, -0.25) is 9.78 Å². The number of nitrogens with zero attached hydrogens (tertiary/aromatic N) is 1. The van der Waals surface area contributed by atoms with Gasteiger partial charge in [-0.15, -0.1) is 0 Å². The smallest absolute Gasteiger partial charge is 0.267 e. The number of nitrogens with one attached hydrogen (secondary N) is 1. The number of primary amides is 1. The van der Waals surface area contributed by atoms with Crippen molar-refractivity contribution in [3.63, 3.8) is 0 Å². The molecule has 0 aliphatic carbocycles. The molecule has 8 heteroatoms. The van der Waals surface area contributed by atoms with E-state index >= 15 is 0 Å². The first-order valence-electron chi connectivity index (χ1n) is 6.49. The van der Waals surface area contributed by atoms with Gasteiger partial charge in [0.05, 0.1) is 0 Å². The molecule has 5 nitrogen and oxygen atoms in total. The lowest BCUT2D eigenvalue weighted by atomic mass is 10.0. The van der Waals surface area contributed by atoms with Crippen molar-refractivity contribution in [2.75, 3.05) is 0 Å². The Bertz CT molecular complexity index is 937. The van der Waals surface area contributed by atoms with Crippen LogP contribution < -0.4 is 5.73 Å². The number of hydrogen-bond donors (Lipinski definition) is 3. The number of aromatic hydroxyl groups is 1. The molecule has 0 spiro atoms. The number of aromatic amines is 1. The van der Waals surface area contributed by atoms with Gasteiger partial charge in [-0.1, -0.05) is 0 Å². The molecule has 0 saturated heterocycles. The maximum absolute atomic E-state index is 13.4. The predicted octanol–water partition coefficient (Wildman–Crippen LogP) is 2.38. The zero-order chi connectivity index (χ0) is 16.7. The minimum absolute atomic E-state index is 0.0580. The summed E-state index contributed by atoms with van der Waals surface area (Å²) in [7, 11) is 0. The lowest BCUT2D eigenvalue weighted by molar-refractivity contribution is 0.0995. The van der Waals surface area contributed by atoms with Gasteiger partial charge in [0, 0.05) is 35.3 Å². The second kappa shape index (κ2) is 5.31. The number of benzene rings is 1. The van der Waals surface area contributed by atoms with Crippen molar-refractivity contribution in [2.45, 2.75) is 6.42 Å². The number of fused-ring (bicyclic) bond motifs is 1. The molecule has 1 amide bonds. The van der Waals surface area contributed by atoms with Gasteiger partial charge in [-0.2, -0.15) is 4.39 Å². The normalized spacial score (nSPS) is 11.1. The Morgan fingerprint density at radius 3 is 2.65 bits per heavy atom. The molecule has 0 bridgehead atoms. The average Bonchev–Trinajstić information content (AvgIpc) is 2.92. The molecule has 4 N–H and O–H groups in total. The third-order valence-corrected chi connectivity index (χ3v) is 3.50. The van der Waals surface area contributed by atoms with Crippen molar-refractivity contribution in [1.29, 1.82) is 0 Å². The zero-order valence-electron chi connectivity index (χ0n) is 11.5. The Morgan fingerprint density at radius 1 is 1.22 bits per heavy atom. The molecule has 0 fully saturated rings. The molecule has 0 atom stereocenters. The molecule has 2 aromatic heterocycles. The van der Waals surface area contributed by atoms with Crippen LogP contribution in [0.2, 0.25) is 0 Å². The van der Waals surface area contributed by atoms with Crippen LogP contribution in [-0.4, -0.2) is 21.0 Å². The largest absolute Gasteiger partial charge is 0.505 e. The minimum atomic E-state index is -1.72. The highest BCUT2D eigenvalue weighted by atomic mass is 19.2. The lowest BCUT2D eigenvalue weighted by Crippen LogP contribution is -2.12. The van der Waals surface area contributed by atoms with Crippen LogP contribution in [0.5, 0.6) is 5.75 Å². The summed E-state index contributed by atoms with van der Waals surface area (Å²) in [5, 5.41) is 10.2. The van der Waals surface area contributed by atoms with Gasteiger partial charge in [0.1, 0.15) is 5.69 Å². The first-order chi connectivity index (χ1) is 10.9. The number of aromatic nitrogens is 2. The van der Waals surface area contributed by atoms with Crippen LogP contribution in [0.3, 0.4) is 0 Å². The second-order valence-corrected chi connectivity index (χ2v) is 4.96. The van der Waals surface area contributed by atoms with E-state index in [0.29, 0.717) is 16.5 Å². The Balaban J connectivity index is 2.04. The van der Waals surface area contributed by atoms with E-state index in [1.54, 1.807) is 0 Å². The summed E-state index contributed by atoms with van der Waals surface area (Å²) < 4.78 is 39.8. The molecule has 0 aliphatic rings. The van der Waals surface area contributed by atoms with E-state index in [1.807, 2.05) is 0 Å². The van der Waals surface area contributed by atoms with Crippen molar-refractivity contribution in [3.05, 3.63) is 58.8 Å². The van der Waals surface area contributed by atoms with Crippen LogP contribution in [0.15, 0.2) is 24.5 Å². The molecule has 3 rings (SSSR count). The third-order valence-electron chi connectivity index (χ3n) is 3.50. The molecular weight excluding hydrogens is 311 g/mol. The molecule has 1 aromatic carbocycles. The topological polar surface area (TPSA) is 92.0 Å². The standard InChI is InChI=1S/C15H10F3N3O2/c16-9-2-6(14(22)13(18)12(9)17)1-7-4-20-10-3-11(15(19)23)21-5-8(7)10/h2-5,20,22H,1H2,(H2,19,23). The number of phenolic OH excluding ortho intramolecular Hbond substituents is 1. The van der Waals surface area contributed by atoms with Crippen molar-refractivity contribution in [1.82, 2.24) is 9.97 Å². The number of H-pyrrole nitrogens is 1. The first-order valence-corrected chi connectivity index (χ1v) is 6.49. The highest BCUT2D eigenvalue weighted by Crippen LogP contribution is 2.29. The van der Waals surface area contributed by atoms with Gasteiger partial charge in [-0.05, 0) is 17.7 Å². The summed E-state index contributed by atoms with van der Waals surface area (Å²) in [6.45, 7) is 0. The SMILES string of the molecule is NC(=O)c1cc2[nH]cc(Cc3cc(F)c(F)c(F)c3O)c2cn1. The second-order valence-electron chi connectivity index (χ2n) is 4.96. The zero-order valence-corrected chi connectivity index (χ0v) is 11.5. The number of halogens is 3. The molecule has 23 heavy (non-hydrogen) atoms. The molecule has 3 aromatic rings. The molecule has 2 heterocycles. The number of phenols is 1. The maximum Gasteiger partial charge on any atom is 0.267 e. The average molecular weight is 321 g/mol. The number of pyridine rings is 1. The van der Waals surface area contributed by atoms with E-state index in [-0.39, 0.29) is 17.7 Å². The highest BCUT2D eigenvalue weighted by molar-refractivity contribution is 5.95. The van der Waals surface area contributed by atoms with Crippen LogP contribution in [0.4, 0.5) is 13.2 Å². The number of amides is 1. The van der Waals surface area contributed by atoms with E-state index in [1.165, 1.54) is 18.5 Å².